The summed E-state index contributed by atoms with van der Waals surface area (Å²) < 4.78 is 44.9. The summed E-state index contributed by atoms with van der Waals surface area (Å²) >= 11 is 0. The molecule has 0 aliphatic heterocycles. The molecule has 0 saturated heterocycles. The fourth-order valence-corrected chi connectivity index (χ4v) is 7.29. The number of hydrogen-bond acceptors (Lipinski definition) is 7. The molecular formula is C46H70NO7+. The average Bonchev–Trinajstić information content (AvgIpc) is 3.21. The zero-order valence-electron chi connectivity index (χ0n) is 35.1. The van der Waals surface area contributed by atoms with Crippen molar-refractivity contribution in [3.05, 3.63) is 70.7 Å². The van der Waals surface area contributed by atoms with Crippen LogP contribution in [0.25, 0.3) is 5.57 Å². The van der Waals surface area contributed by atoms with Gasteiger partial charge in [0.05, 0.1) is 78.6 Å². The molecule has 0 atom stereocenters. The van der Waals surface area contributed by atoms with Crippen LogP contribution in [-0.2, 0) is 9.47 Å². The minimum atomic E-state index is 0.549. The molecule has 0 bridgehead atoms. The highest BCUT2D eigenvalue weighted by Crippen LogP contribution is 2.50. The van der Waals surface area contributed by atoms with E-state index in [0.717, 1.165) is 42.8 Å². The van der Waals surface area contributed by atoms with E-state index in [1.165, 1.54) is 89.9 Å². The Hall–Kier alpha value is -4.07. The van der Waals surface area contributed by atoms with Crippen molar-refractivity contribution in [3.8, 4) is 28.7 Å². The van der Waals surface area contributed by atoms with Crippen molar-refractivity contribution in [2.75, 3.05) is 62.9 Å². The highest BCUT2D eigenvalue weighted by Gasteiger charge is 2.34. The molecule has 54 heavy (non-hydrogen) atoms. The Labute approximate surface area is 327 Å². The monoisotopic (exact) mass is 749 g/mol. The zero-order valence-corrected chi connectivity index (χ0v) is 35.1. The largest absolute Gasteiger partial charge is 0.496 e. The first kappa shape index (κ1) is 44.3. The van der Waals surface area contributed by atoms with Gasteiger partial charge in [-0.05, 0) is 25.0 Å². The summed E-state index contributed by atoms with van der Waals surface area (Å²) in [6.07, 6.45) is 24.9. The normalized spacial score (nSPS) is 12.5. The van der Waals surface area contributed by atoms with Crippen molar-refractivity contribution in [1.29, 1.82) is 0 Å². The molecule has 8 heteroatoms. The van der Waals surface area contributed by atoms with Crippen LogP contribution in [-0.4, -0.2) is 73.1 Å². The fraction of sp³-hybridized carbons (Fsp3) is 0.587. The Kier molecular flexibility index (Phi) is 20.6. The van der Waals surface area contributed by atoms with Gasteiger partial charge in [-0.25, -0.2) is 4.58 Å². The van der Waals surface area contributed by atoms with Crippen LogP contribution < -0.4 is 23.7 Å². The molecule has 8 nitrogen and oxygen atoms in total. The topological polar surface area (TPSA) is 67.6 Å². The van der Waals surface area contributed by atoms with Crippen LogP contribution in [0.1, 0.15) is 128 Å². The molecule has 3 rings (SSSR count). The lowest BCUT2D eigenvalue weighted by Crippen LogP contribution is -2.25. The van der Waals surface area contributed by atoms with Crippen LogP contribution in [0.4, 0.5) is 0 Å². The summed E-state index contributed by atoms with van der Waals surface area (Å²) in [5.74, 6) is 4.24. The maximum absolute atomic E-state index is 6.31. The smallest absolute Gasteiger partial charge is 0.207 e. The summed E-state index contributed by atoms with van der Waals surface area (Å²) in [4.78, 5) is 0. The van der Waals surface area contributed by atoms with Gasteiger partial charge < -0.3 is 33.2 Å². The minimum Gasteiger partial charge on any atom is -0.496 e. The number of hydrogen-bond donors (Lipinski definition) is 0. The van der Waals surface area contributed by atoms with Gasteiger partial charge in [-0.2, -0.15) is 0 Å². The summed E-state index contributed by atoms with van der Waals surface area (Å²) in [7, 11) is 11.6. The van der Waals surface area contributed by atoms with Gasteiger partial charge in [0.15, 0.2) is 0 Å². The van der Waals surface area contributed by atoms with Crippen molar-refractivity contribution in [2.45, 2.75) is 117 Å². The Balaban J connectivity index is 2.21. The second kappa shape index (κ2) is 25.1. The summed E-state index contributed by atoms with van der Waals surface area (Å²) in [5, 5.41) is 0. The maximum Gasteiger partial charge on any atom is 0.207 e. The highest BCUT2D eigenvalue weighted by molar-refractivity contribution is 6.06. The predicted octanol–water partition coefficient (Wildman–Crippen LogP) is 11.3. The van der Waals surface area contributed by atoms with Crippen LogP contribution in [0.3, 0.4) is 0 Å². The quantitative estimate of drug-likeness (QED) is 0.0665. The van der Waals surface area contributed by atoms with Gasteiger partial charge in [0.25, 0.3) is 0 Å². The van der Waals surface area contributed by atoms with Crippen molar-refractivity contribution in [2.24, 2.45) is 0 Å². The molecule has 0 spiro atoms. The van der Waals surface area contributed by atoms with E-state index in [2.05, 4.69) is 30.6 Å². The van der Waals surface area contributed by atoms with E-state index in [-0.39, 0.29) is 0 Å². The van der Waals surface area contributed by atoms with E-state index in [4.69, 9.17) is 33.2 Å². The molecule has 0 aromatic heterocycles. The van der Waals surface area contributed by atoms with E-state index in [9.17, 15) is 0 Å². The molecule has 2 aromatic rings. The molecule has 0 N–H and O–H groups in total. The van der Waals surface area contributed by atoms with Crippen molar-refractivity contribution in [1.82, 2.24) is 0 Å². The molecule has 2 aromatic carbocycles. The predicted molar refractivity (Wildman–Crippen MR) is 222 cm³/mol. The van der Waals surface area contributed by atoms with Crippen molar-refractivity contribution < 1.29 is 37.7 Å². The summed E-state index contributed by atoms with van der Waals surface area (Å²) in [6, 6.07) is 9.45. The van der Waals surface area contributed by atoms with E-state index in [1.54, 1.807) is 49.8 Å². The van der Waals surface area contributed by atoms with Crippen LogP contribution >= 0.6 is 0 Å². The van der Waals surface area contributed by atoms with E-state index >= 15 is 0 Å². The first-order valence-corrected chi connectivity index (χ1v) is 20.4. The van der Waals surface area contributed by atoms with Gasteiger partial charge in [0, 0.05) is 30.5 Å². The standard InChI is InChI=1S/C46H70NO7/c1-10-12-14-16-18-20-22-24-29-47(30-25-23-21-19-17-15-13-11-2)35-31-39(51-6)44(40(32-35)52-7)46(43-37(49-4)27-26-28-38(43)50-5)45-41(53-8)33-36(48-3)34-42(45)54-9/h26-28,31-34H,10-25,29-30H2,1-9H3/q+1. The van der Waals surface area contributed by atoms with Gasteiger partial charge in [0.1, 0.15) is 53.4 Å². The second-order valence-corrected chi connectivity index (χ2v) is 14.0. The Morgan fingerprint density at radius 3 is 1.22 bits per heavy atom. The number of unbranched alkanes of at least 4 members (excludes halogenated alkanes) is 14. The van der Waals surface area contributed by atoms with E-state index < -0.39 is 0 Å². The third kappa shape index (κ3) is 12.5. The minimum absolute atomic E-state index is 0.549. The number of allylic oxidation sites excluding steroid dienone is 2. The van der Waals surface area contributed by atoms with E-state index in [1.807, 2.05) is 30.3 Å². The van der Waals surface area contributed by atoms with Gasteiger partial charge in [-0.15, -0.1) is 0 Å². The summed E-state index contributed by atoms with van der Waals surface area (Å²) in [6.45, 7) is 6.51. The van der Waals surface area contributed by atoms with Gasteiger partial charge in [-0.3, -0.25) is 0 Å². The first-order valence-electron chi connectivity index (χ1n) is 20.4. The molecule has 0 amide bonds. The SMILES string of the molecule is CCCCCCCCCC[N+](CCCCCCCCCC)=C1C=C(OC)C(=C(c2c(OC)cccc2OC)c2c(OC)cc(OC)cc2OC)C(OC)=C1. The van der Waals surface area contributed by atoms with Crippen molar-refractivity contribution in [3.63, 3.8) is 0 Å². The van der Waals surface area contributed by atoms with Crippen LogP contribution in [0.15, 0.2) is 59.6 Å². The second-order valence-electron chi connectivity index (χ2n) is 14.0. The lowest BCUT2D eigenvalue weighted by Gasteiger charge is -2.26. The highest BCUT2D eigenvalue weighted by atomic mass is 16.5. The molecule has 300 valence electrons. The molecule has 0 fully saturated rings. The lowest BCUT2D eigenvalue weighted by atomic mass is 9.86. The Morgan fingerprint density at radius 2 is 0.852 bits per heavy atom. The number of benzene rings is 2. The molecule has 1 aliphatic carbocycles. The number of ether oxygens (including phenoxy) is 7. The third-order valence-corrected chi connectivity index (χ3v) is 10.3. The van der Waals surface area contributed by atoms with Gasteiger partial charge in [-0.1, -0.05) is 97.0 Å². The molecule has 0 heterocycles. The maximum atomic E-state index is 6.31. The van der Waals surface area contributed by atoms with Crippen LogP contribution in [0, 0.1) is 0 Å². The molecular weight excluding hydrogens is 679 g/mol. The Morgan fingerprint density at radius 1 is 0.463 bits per heavy atom. The molecule has 0 saturated carbocycles. The summed E-state index contributed by atoms with van der Waals surface area (Å²) in [5.41, 5.74) is 3.93. The molecule has 0 unspecified atom stereocenters. The average molecular weight is 749 g/mol. The van der Waals surface area contributed by atoms with Gasteiger partial charge >= 0.3 is 0 Å². The van der Waals surface area contributed by atoms with Crippen LogP contribution in [0.2, 0.25) is 0 Å². The van der Waals surface area contributed by atoms with Gasteiger partial charge in [0.2, 0.25) is 5.71 Å². The van der Waals surface area contributed by atoms with Crippen molar-refractivity contribution >= 4 is 11.3 Å². The first-order chi connectivity index (χ1) is 26.5. The number of methoxy groups -OCH3 is 7. The number of rotatable bonds is 27. The molecule has 1 aliphatic rings. The fourth-order valence-electron chi connectivity index (χ4n) is 7.29. The number of nitrogens with zero attached hydrogens (tertiary/aromatic N) is 1. The van der Waals surface area contributed by atoms with Crippen LogP contribution in [0.5, 0.6) is 28.7 Å². The lowest BCUT2D eigenvalue weighted by molar-refractivity contribution is -0.527. The third-order valence-electron chi connectivity index (χ3n) is 10.3. The Bertz CT molecular complexity index is 1460. The zero-order chi connectivity index (χ0) is 39.1. The van der Waals surface area contributed by atoms with E-state index in [0.29, 0.717) is 51.4 Å². The molecule has 0 radical (unpaired) electrons.